The highest BCUT2D eigenvalue weighted by molar-refractivity contribution is 7.92. The zero-order valence-electron chi connectivity index (χ0n) is 11.4. The molecule has 0 saturated carbocycles. The Morgan fingerprint density at radius 1 is 1.25 bits per heavy atom. The van der Waals surface area contributed by atoms with Gasteiger partial charge in [0.2, 0.25) is 0 Å². The molecule has 1 aromatic carbocycles. The van der Waals surface area contributed by atoms with Crippen LogP contribution in [0.4, 0.5) is 5.69 Å². The first-order valence-corrected chi connectivity index (χ1v) is 7.68. The molecular formula is C14H17N3O2S. The Labute approximate surface area is 119 Å². The smallest absolute Gasteiger partial charge is 0.261 e. The van der Waals surface area contributed by atoms with Crippen LogP contribution >= 0.6 is 0 Å². The number of nitrogens with zero attached hydrogens (tertiary/aromatic N) is 1. The van der Waals surface area contributed by atoms with Crippen LogP contribution in [0.2, 0.25) is 0 Å². The van der Waals surface area contributed by atoms with E-state index in [4.69, 9.17) is 0 Å². The van der Waals surface area contributed by atoms with Gasteiger partial charge in [0, 0.05) is 12.7 Å². The number of aromatic nitrogens is 1. The van der Waals surface area contributed by atoms with Crippen LogP contribution in [0.1, 0.15) is 11.1 Å². The number of hydrogen-bond acceptors (Lipinski definition) is 4. The molecule has 0 bridgehead atoms. The Kier molecular flexibility index (Phi) is 4.36. The van der Waals surface area contributed by atoms with E-state index in [0.717, 1.165) is 11.1 Å². The Balaban J connectivity index is 2.32. The lowest BCUT2D eigenvalue weighted by atomic mass is 10.1. The summed E-state index contributed by atoms with van der Waals surface area (Å²) in [5.41, 5.74) is 2.46. The van der Waals surface area contributed by atoms with Crippen LogP contribution in [0.15, 0.2) is 47.6 Å². The normalized spacial score (nSPS) is 11.3. The van der Waals surface area contributed by atoms with E-state index in [0.29, 0.717) is 12.2 Å². The molecule has 6 heteroatoms. The van der Waals surface area contributed by atoms with Crippen molar-refractivity contribution in [1.82, 2.24) is 10.3 Å². The number of hydrogen-bond donors (Lipinski definition) is 2. The van der Waals surface area contributed by atoms with Gasteiger partial charge in [0.05, 0.1) is 16.8 Å². The highest BCUT2D eigenvalue weighted by atomic mass is 32.2. The first-order chi connectivity index (χ1) is 9.53. The van der Waals surface area contributed by atoms with Crippen molar-refractivity contribution < 1.29 is 8.42 Å². The molecule has 0 amide bonds. The van der Waals surface area contributed by atoms with Crippen molar-refractivity contribution in [2.75, 3.05) is 11.8 Å². The fraction of sp³-hybridized carbons (Fsp3) is 0.214. The van der Waals surface area contributed by atoms with E-state index in [9.17, 15) is 8.42 Å². The van der Waals surface area contributed by atoms with Gasteiger partial charge < -0.3 is 5.32 Å². The van der Waals surface area contributed by atoms with Crippen LogP contribution in [0.25, 0.3) is 0 Å². The summed E-state index contributed by atoms with van der Waals surface area (Å²) in [6.07, 6.45) is 3.06. The number of nitrogens with one attached hydrogen (secondary N) is 2. The molecule has 2 rings (SSSR count). The molecule has 0 saturated heterocycles. The lowest BCUT2D eigenvalue weighted by Gasteiger charge is -2.11. The zero-order chi connectivity index (χ0) is 14.6. The third-order valence-electron chi connectivity index (χ3n) is 2.91. The van der Waals surface area contributed by atoms with Crippen LogP contribution in [0.5, 0.6) is 0 Å². The molecule has 0 spiro atoms. The molecule has 1 heterocycles. The molecule has 0 aliphatic rings. The van der Waals surface area contributed by atoms with E-state index >= 15 is 0 Å². The number of sulfonamides is 1. The Morgan fingerprint density at radius 3 is 2.70 bits per heavy atom. The molecule has 2 N–H and O–H groups in total. The Morgan fingerprint density at radius 2 is 2.05 bits per heavy atom. The monoisotopic (exact) mass is 291 g/mol. The third kappa shape index (κ3) is 3.34. The minimum absolute atomic E-state index is 0.247. The molecule has 0 aliphatic heterocycles. The van der Waals surface area contributed by atoms with E-state index in [1.165, 1.54) is 6.20 Å². The van der Waals surface area contributed by atoms with Gasteiger partial charge in [0.1, 0.15) is 0 Å². The van der Waals surface area contributed by atoms with E-state index in [1.54, 1.807) is 30.5 Å². The Bertz CT molecular complexity index is 685. The van der Waals surface area contributed by atoms with Gasteiger partial charge in [-0.15, -0.1) is 0 Å². The topological polar surface area (TPSA) is 71.1 Å². The van der Waals surface area contributed by atoms with Gasteiger partial charge in [-0.2, -0.15) is 0 Å². The molecule has 0 radical (unpaired) electrons. The predicted octanol–water partition coefficient (Wildman–Crippen LogP) is 1.91. The lowest BCUT2D eigenvalue weighted by Crippen LogP contribution is -2.14. The van der Waals surface area contributed by atoms with Crippen molar-refractivity contribution >= 4 is 15.7 Å². The van der Waals surface area contributed by atoms with Crippen LogP contribution in [-0.2, 0) is 16.6 Å². The quantitative estimate of drug-likeness (QED) is 0.883. The van der Waals surface area contributed by atoms with Crippen LogP contribution in [0.3, 0.4) is 0 Å². The molecule has 1 aromatic heterocycles. The largest absolute Gasteiger partial charge is 0.316 e. The van der Waals surface area contributed by atoms with E-state index < -0.39 is 10.0 Å². The van der Waals surface area contributed by atoms with E-state index in [2.05, 4.69) is 15.0 Å². The molecule has 0 unspecified atom stereocenters. The molecular weight excluding hydrogens is 274 g/mol. The van der Waals surface area contributed by atoms with Crippen molar-refractivity contribution in [1.29, 1.82) is 0 Å². The van der Waals surface area contributed by atoms with Crippen molar-refractivity contribution in [2.24, 2.45) is 0 Å². The minimum Gasteiger partial charge on any atom is -0.316 e. The average Bonchev–Trinajstić information content (AvgIpc) is 2.42. The second-order valence-electron chi connectivity index (χ2n) is 4.47. The number of aryl methyl sites for hydroxylation is 1. The molecule has 0 aliphatic carbocycles. The number of rotatable bonds is 5. The average molecular weight is 291 g/mol. The van der Waals surface area contributed by atoms with Gasteiger partial charge in [-0.1, -0.05) is 6.07 Å². The van der Waals surface area contributed by atoms with Crippen LogP contribution in [0, 0.1) is 6.92 Å². The zero-order valence-corrected chi connectivity index (χ0v) is 12.2. The molecule has 5 nitrogen and oxygen atoms in total. The lowest BCUT2D eigenvalue weighted by molar-refractivity contribution is 0.601. The van der Waals surface area contributed by atoms with Crippen molar-refractivity contribution in [3.05, 3.63) is 53.9 Å². The first-order valence-electron chi connectivity index (χ1n) is 6.20. The number of anilines is 1. The summed E-state index contributed by atoms with van der Waals surface area (Å²) in [7, 11) is -1.76. The maximum atomic E-state index is 12.3. The van der Waals surface area contributed by atoms with Gasteiger partial charge in [-0.25, -0.2) is 8.42 Å². The minimum atomic E-state index is -3.59. The summed E-state index contributed by atoms with van der Waals surface area (Å²) >= 11 is 0. The second kappa shape index (κ2) is 6.02. The van der Waals surface area contributed by atoms with Gasteiger partial charge in [-0.05, 0) is 49.4 Å². The van der Waals surface area contributed by atoms with Crippen molar-refractivity contribution in [3.8, 4) is 0 Å². The Hall–Kier alpha value is -1.92. The fourth-order valence-electron chi connectivity index (χ4n) is 1.83. The van der Waals surface area contributed by atoms with E-state index in [1.807, 2.05) is 20.0 Å². The summed E-state index contributed by atoms with van der Waals surface area (Å²) in [4.78, 5) is 4.13. The summed E-state index contributed by atoms with van der Waals surface area (Å²) in [6.45, 7) is 2.58. The fourth-order valence-corrected chi connectivity index (χ4v) is 2.93. The second-order valence-corrected chi connectivity index (χ2v) is 6.15. The maximum Gasteiger partial charge on any atom is 0.261 e. The molecule has 20 heavy (non-hydrogen) atoms. The molecule has 0 atom stereocenters. The van der Waals surface area contributed by atoms with Crippen LogP contribution < -0.4 is 10.0 Å². The predicted molar refractivity (Wildman–Crippen MR) is 79.0 cm³/mol. The number of benzene rings is 1. The van der Waals surface area contributed by atoms with Crippen molar-refractivity contribution in [2.45, 2.75) is 18.4 Å². The number of pyridine rings is 1. The highest BCUT2D eigenvalue weighted by Gasteiger charge is 2.15. The third-order valence-corrected chi connectivity index (χ3v) is 4.29. The molecule has 0 fully saturated rings. The molecule has 106 valence electrons. The summed E-state index contributed by atoms with van der Waals surface area (Å²) in [5.74, 6) is 0. The van der Waals surface area contributed by atoms with Crippen molar-refractivity contribution in [3.63, 3.8) is 0 Å². The van der Waals surface area contributed by atoms with Gasteiger partial charge in [-0.3, -0.25) is 9.71 Å². The van der Waals surface area contributed by atoms with Gasteiger partial charge >= 0.3 is 0 Å². The summed E-state index contributed by atoms with van der Waals surface area (Å²) in [5, 5.41) is 3.03. The van der Waals surface area contributed by atoms with Gasteiger partial charge in [0.15, 0.2) is 0 Å². The van der Waals surface area contributed by atoms with Gasteiger partial charge in [0.25, 0.3) is 10.0 Å². The molecule has 2 aromatic rings. The van der Waals surface area contributed by atoms with E-state index in [-0.39, 0.29) is 4.90 Å². The SMILES string of the molecule is CNCc1cc(S(=O)(=O)Nc2cccnc2)ccc1C. The maximum absolute atomic E-state index is 12.3. The van der Waals surface area contributed by atoms with Crippen LogP contribution in [-0.4, -0.2) is 20.4 Å². The first kappa shape index (κ1) is 14.5. The summed E-state index contributed by atoms with van der Waals surface area (Å²) in [6, 6.07) is 8.44. The standard InChI is InChI=1S/C14H17N3O2S/c1-11-5-6-14(8-12(11)9-15-2)20(18,19)17-13-4-3-7-16-10-13/h3-8,10,15,17H,9H2,1-2H3. The summed E-state index contributed by atoms with van der Waals surface area (Å²) < 4.78 is 27.1. The highest BCUT2D eigenvalue weighted by Crippen LogP contribution is 2.18.